The van der Waals surface area contributed by atoms with Gasteiger partial charge in [0, 0.05) is 37.3 Å². The van der Waals surface area contributed by atoms with Gasteiger partial charge in [0.15, 0.2) is 5.78 Å². The van der Waals surface area contributed by atoms with Crippen molar-refractivity contribution < 1.29 is 30.0 Å². The first-order chi connectivity index (χ1) is 16.5. The number of ketones is 1. The number of hydrogen-bond donors (Lipinski definition) is 1. The van der Waals surface area contributed by atoms with E-state index < -0.39 is 0 Å². The quantitative estimate of drug-likeness (QED) is 0.121. The van der Waals surface area contributed by atoms with Crippen LogP contribution in [0, 0.1) is 6.07 Å². The third kappa shape index (κ3) is 7.06. The maximum Gasteiger partial charge on any atom is 0.155 e. The van der Waals surface area contributed by atoms with Crippen LogP contribution in [0.5, 0.6) is 0 Å². The van der Waals surface area contributed by atoms with Crippen molar-refractivity contribution in [2.75, 3.05) is 0 Å². The molecule has 3 aromatic carbocycles. The van der Waals surface area contributed by atoms with E-state index in [-0.39, 0.29) is 31.6 Å². The molecule has 35 heavy (non-hydrogen) atoms. The van der Waals surface area contributed by atoms with Crippen LogP contribution in [0.4, 0.5) is 0 Å². The molecule has 2 heterocycles. The van der Waals surface area contributed by atoms with Crippen LogP contribution in [0.25, 0.3) is 42.9 Å². The molecule has 0 unspecified atom stereocenters. The molecule has 5 aromatic rings. The van der Waals surface area contributed by atoms with E-state index in [9.17, 15) is 4.79 Å². The number of aliphatic hydroxyl groups excluding tert-OH is 1. The van der Waals surface area contributed by atoms with Gasteiger partial charge in [-0.15, -0.1) is 46.7 Å². The van der Waals surface area contributed by atoms with E-state index in [2.05, 4.69) is 78.9 Å². The topological polar surface area (TPSA) is 50.2 Å². The molecule has 0 bridgehead atoms. The molecule has 0 aliphatic rings. The molecular formula is C30H24IrNO2S-. The molecule has 2 aromatic heterocycles. The van der Waals surface area contributed by atoms with Crippen molar-refractivity contribution in [3.8, 4) is 32.8 Å². The number of allylic oxidation sites excluding steroid dienone is 2. The molecule has 0 spiro atoms. The van der Waals surface area contributed by atoms with Gasteiger partial charge in [-0.1, -0.05) is 66.7 Å². The monoisotopic (exact) mass is 655 g/mol. The fourth-order valence-electron chi connectivity index (χ4n) is 3.56. The zero-order chi connectivity index (χ0) is 23.9. The molecular weight excluding hydrogens is 631 g/mol. The molecule has 0 aliphatic carbocycles. The second-order valence-electron chi connectivity index (χ2n) is 7.84. The van der Waals surface area contributed by atoms with Gasteiger partial charge in [0.1, 0.15) is 0 Å². The van der Waals surface area contributed by atoms with Crippen molar-refractivity contribution in [1.29, 1.82) is 0 Å². The Bertz CT molecular complexity index is 1440. The molecule has 3 nitrogen and oxygen atoms in total. The van der Waals surface area contributed by atoms with Crippen molar-refractivity contribution in [3.63, 3.8) is 0 Å². The van der Waals surface area contributed by atoms with E-state index in [4.69, 9.17) is 10.1 Å². The Balaban J connectivity index is 0.000000378. The maximum atomic E-state index is 10.0. The number of hydrogen-bond acceptors (Lipinski definition) is 4. The van der Waals surface area contributed by atoms with E-state index in [1.807, 2.05) is 24.4 Å². The maximum absolute atomic E-state index is 10.0. The van der Waals surface area contributed by atoms with Crippen molar-refractivity contribution in [2.24, 2.45) is 0 Å². The molecule has 0 atom stereocenters. The Morgan fingerprint density at radius 3 is 2.14 bits per heavy atom. The number of carbonyl (C=O) groups excluding carboxylic acids is 1. The summed E-state index contributed by atoms with van der Waals surface area (Å²) in [5, 5.41) is 9.59. The summed E-state index contributed by atoms with van der Waals surface area (Å²) in [6.07, 6.45) is 3.14. The average Bonchev–Trinajstić information content (AvgIpc) is 3.28. The summed E-state index contributed by atoms with van der Waals surface area (Å²) in [4.78, 5) is 16.0. The molecule has 5 rings (SSSR count). The van der Waals surface area contributed by atoms with Crippen LogP contribution in [0.1, 0.15) is 13.8 Å². The largest absolute Gasteiger partial charge is 0.512 e. The number of carbonyl (C=O) groups is 1. The molecule has 5 heteroatoms. The molecule has 177 valence electrons. The summed E-state index contributed by atoms with van der Waals surface area (Å²) >= 11 is 1.78. The predicted molar refractivity (Wildman–Crippen MR) is 142 cm³/mol. The standard InChI is InChI=1S/C25H16NS.C5H8O2.Ir/c1-3-8-18(9-4-1)20-12-7-13-21(14-20)23-15-22-16-24(27-25(22)17-26-23)19-10-5-2-6-11-19;1-4(6)3-5(2)7;/h1-12,14-17H;3,6H,1-2H3;/q-1;;/b;4-3-;. The van der Waals surface area contributed by atoms with Gasteiger partial charge in [0.25, 0.3) is 0 Å². The second kappa shape index (κ2) is 12.4. The summed E-state index contributed by atoms with van der Waals surface area (Å²) in [5.41, 5.74) is 5.61. The minimum absolute atomic E-state index is 0. The summed E-state index contributed by atoms with van der Waals surface area (Å²) in [6.45, 7) is 2.85. The first-order valence-electron chi connectivity index (χ1n) is 10.9. The van der Waals surface area contributed by atoms with Gasteiger partial charge in [-0.2, -0.15) is 0 Å². The fourth-order valence-corrected chi connectivity index (χ4v) is 4.57. The number of thiophene rings is 1. The van der Waals surface area contributed by atoms with Crippen LogP contribution in [0.2, 0.25) is 0 Å². The first-order valence-corrected chi connectivity index (χ1v) is 11.7. The number of aromatic nitrogens is 1. The summed E-state index contributed by atoms with van der Waals surface area (Å²) < 4.78 is 1.21. The van der Waals surface area contributed by atoms with Crippen molar-refractivity contribution in [1.82, 2.24) is 4.98 Å². The van der Waals surface area contributed by atoms with Crippen LogP contribution in [-0.2, 0) is 24.9 Å². The van der Waals surface area contributed by atoms with Crippen LogP contribution >= 0.6 is 11.3 Å². The van der Waals surface area contributed by atoms with E-state index in [1.165, 1.54) is 51.6 Å². The van der Waals surface area contributed by atoms with Gasteiger partial charge in [0.2, 0.25) is 0 Å². The van der Waals surface area contributed by atoms with Gasteiger partial charge in [0.05, 0.1) is 10.5 Å². The number of pyridine rings is 1. The Hall–Kier alpha value is -3.37. The first kappa shape index (κ1) is 26.2. The van der Waals surface area contributed by atoms with Gasteiger partial charge < -0.3 is 10.1 Å². The summed E-state index contributed by atoms with van der Waals surface area (Å²) in [7, 11) is 0. The Morgan fingerprint density at radius 2 is 1.54 bits per heavy atom. The molecule has 1 N–H and O–H groups in total. The van der Waals surface area contributed by atoms with E-state index in [0.717, 1.165) is 11.3 Å². The molecule has 0 fully saturated rings. The number of rotatable bonds is 4. The van der Waals surface area contributed by atoms with Crippen LogP contribution < -0.4 is 0 Å². The van der Waals surface area contributed by atoms with Crippen molar-refractivity contribution in [3.05, 3.63) is 115 Å². The average molecular weight is 655 g/mol. The summed E-state index contributed by atoms with van der Waals surface area (Å²) in [6, 6.07) is 34.9. The Labute approximate surface area is 223 Å². The molecule has 0 amide bonds. The van der Waals surface area contributed by atoms with Gasteiger partial charge in [-0.25, -0.2) is 0 Å². The van der Waals surface area contributed by atoms with Gasteiger partial charge >= 0.3 is 0 Å². The Kier molecular flexibility index (Phi) is 9.27. The van der Waals surface area contributed by atoms with Gasteiger partial charge in [-0.3, -0.25) is 4.79 Å². The van der Waals surface area contributed by atoms with Crippen LogP contribution in [0.15, 0.2) is 109 Å². The molecule has 0 saturated carbocycles. The van der Waals surface area contributed by atoms with E-state index in [1.54, 1.807) is 11.3 Å². The van der Waals surface area contributed by atoms with Crippen LogP contribution in [-0.4, -0.2) is 15.9 Å². The van der Waals surface area contributed by atoms with Crippen molar-refractivity contribution >= 4 is 27.2 Å². The number of benzene rings is 3. The molecule has 1 radical (unpaired) electrons. The van der Waals surface area contributed by atoms with E-state index in [0.29, 0.717) is 0 Å². The fraction of sp³-hybridized carbons (Fsp3) is 0.0667. The minimum Gasteiger partial charge on any atom is -0.512 e. The zero-order valence-electron chi connectivity index (χ0n) is 19.4. The van der Waals surface area contributed by atoms with Crippen LogP contribution in [0.3, 0.4) is 0 Å². The van der Waals surface area contributed by atoms with E-state index >= 15 is 0 Å². The minimum atomic E-state index is -0.125. The summed E-state index contributed by atoms with van der Waals surface area (Å²) in [5.74, 6) is -0.0625. The SMILES string of the molecule is CC(=O)/C=C(/C)O.[Ir].[c-]1ccc(-c2ccccc2)cc1-c1cc2cc(-c3ccccc3)sc2cn1. The number of aliphatic hydroxyl groups is 1. The zero-order valence-corrected chi connectivity index (χ0v) is 22.6. The normalized spacial score (nSPS) is 10.7. The third-order valence-corrected chi connectivity index (χ3v) is 6.19. The second-order valence-corrected chi connectivity index (χ2v) is 8.92. The van der Waals surface area contributed by atoms with Gasteiger partial charge in [-0.05, 0) is 42.1 Å². The molecule has 0 saturated heterocycles. The Morgan fingerprint density at radius 1 is 0.886 bits per heavy atom. The predicted octanol–water partition coefficient (Wildman–Crippen LogP) is 8.13. The number of fused-ring (bicyclic) bond motifs is 1. The molecule has 0 aliphatic heterocycles. The number of nitrogens with zero attached hydrogens (tertiary/aromatic N) is 1. The van der Waals surface area contributed by atoms with Crippen molar-refractivity contribution in [2.45, 2.75) is 13.8 Å². The smallest absolute Gasteiger partial charge is 0.155 e. The third-order valence-electron chi connectivity index (χ3n) is 5.06.